The predicted molar refractivity (Wildman–Crippen MR) is 299 cm³/mol. The average molecular weight is 912 g/mol. The third kappa shape index (κ3) is 7.48. The lowest BCUT2D eigenvalue weighted by Gasteiger charge is -2.33. The Morgan fingerprint density at radius 1 is 0.243 bits per heavy atom. The molecule has 0 radical (unpaired) electrons. The van der Waals surface area contributed by atoms with Crippen LogP contribution in [0.25, 0.3) is 64.7 Å². The lowest BCUT2D eigenvalue weighted by molar-refractivity contribution is 1.23. The predicted octanol–water partition coefficient (Wildman–Crippen LogP) is 19.4. The van der Waals surface area contributed by atoms with Crippen molar-refractivity contribution < 1.29 is 0 Å². The van der Waals surface area contributed by atoms with Gasteiger partial charge in [0.15, 0.2) is 0 Å². The van der Waals surface area contributed by atoms with Crippen LogP contribution in [0.1, 0.15) is 0 Å². The van der Waals surface area contributed by atoms with Crippen LogP contribution in [0.5, 0.6) is 0 Å². The Bertz CT molecular complexity index is 3570. The number of fused-ring (bicyclic) bond motifs is 3. The fourth-order valence-corrected chi connectivity index (χ4v) is 11.5. The van der Waals surface area contributed by atoms with Crippen LogP contribution in [0.3, 0.4) is 0 Å². The molecule has 3 nitrogen and oxygen atoms in total. The molecule has 0 aliphatic carbocycles. The second-order valence-electron chi connectivity index (χ2n) is 17.8. The molecule has 2 heterocycles. The van der Waals surface area contributed by atoms with Gasteiger partial charge < -0.3 is 14.7 Å². The lowest BCUT2D eigenvalue weighted by Crippen LogP contribution is -2.16. The molecule has 1 aromatic heterocycles. The highest BCUT2D eigenvalue weighted by atomic mass is 32.1. The largest absolute Gasteiger partial charge is 0.310 e. The van der Waals surface area contributed by atoms with Crippen LogP contribution in [0.15, 0.2) is 273 Å². The number of anilines is 9. The second kappa shape index (κ2) is 17.6. The highest BCUT2D eigenvalue weighted by Gasteiger charge is 2.27. The van der Waals surface area contributed by atoms with E-state index in [9.17, 15) is 0 Å². The minimum atomic E-state index is 1.03. The maximum absolute atomic E-state index is 2.48. The number of thiophene rings is 1. The van der Waals surface area contributed by atoms with Gasteiger partial charge in [-0.2, -0.15) is 0 Å². The van der Waals surface area contributed by atoms with Crippen molar-refractivity contribution in [2.45, 2.75) is 0 Å². The van der Waals surface area contributed by atoms with Crippen molar-refractivity contribution >= 4 is 82.7 Å². The SMILES string of the molecule is c1ccc(-c2ccc(N(c3ccc(-c4ccccc4)cc3)c3cc4cc(c3)N(c3cccc(-c5ccccc5)c3)c3cccc5c3sc3c(cccc35)N4c3cccc(-c4ccccc4)c3)cc2)cc1. The van der Waals surface area contributed by atoms with Crippen LogP contribution >= 0.6 is 11.3 Å². The Labute approximate surface area is 412 Å². The second-order valence-corrected chi connectivity index (χ2v) is 18.8. The number of hydrogen-bond donors (Lipinski definition) is 0. The van der Waals surface area contributed by atoms with Gasteiger partial charge in [0.1, 0.15) is 0 Å². The molecule has 0 fully saturated rings. The summed E-state index contributed by atoms with van der Waals surface area (Å²) in [7, 11) is 0. The van der Waals surface area contributed by atoms with Crippen molar-refractivity contribution in [2.75, 3.05) is 14.7 Å². The van der Waals surface area contributed by atoms with Crippen LogP contribution in [0, 0.1) is 0 Å². The maximum Gasteiger partial charge on any atom is 0.0640 e. The number of rotatable bonds is 9. The minimum Gasteiger partial charge on any atom is -0.310 e. The Balaban J connectivity index is 1.09. The Kier molecular flexibility index (Phi) is 10.4. The molecular formula is C66H45N3S. The first-order valence-corrected chi connectivity index (χ1v) is 24.6. The monoisotopic (exact) mass is 911 g/mol. The van der Waals surface area contributed by atoms with Gasteiger partial charge in [-0.1, -0.05) is 194 Å². The molecule has 0 saturated carbocycles. The highest BCUT2D eigenvalue weighted by molar-refractivity contribution is 7.27. The molecule has 0 amide bonds. The summed E-state index contributed by atoms with van der Waals surface area (Å²) in [5.41, 5.74) is 19.1. The van der Waals surface area contributed by atoms with Crippen molar-refractivity contribution in [2.24, 2.45) is 0 Å². The van der Waals surface area contributed by atoms with Gasteiger partial charge in [-0.05, 0) is 123 Å². The molecule has 0 atom stereocenters. The molecular weight excluding hydrogens is 867 g/mol. The van der Waals surface area contributed by atoms with Crippen molar-refractivity contribution in [3.63, 3.8) is 0 Å². The van der Waals surface area contributed by atoms with Crippen LogP contribution in [0.2, 0.25) is 0 Å². The van der Waals surface area contributed by atoms with Crippen molar-refractivity contribution in [1.82, 2.24) is 0 Å². The topological polar surface area (TPSA) is 9.72 Å². The molecule has 4 bridgehead atoms. The van der Waals surface area contributed by atoms with Crippen molar-refractivity contribution in [1.29, 1.82) is 0 Å². The third-order valence-electron chi connectivity index (χ3n) is 13.5. The van der Waals surface area contributed by atoms with Gasteiger partial charge in [-0.25, -0.2) is 0 Å². The summed E-state index contributed by atoms with van der Waals surface area (Å²) in [6.07, 6.45) is 0. The van der Waals surface area contributed by atoms with Gasteiger partial charge in [-0.15, -0.1) is 11.3 Å². The first-order chi connectivity index (χ1) is 34.7. The zero-order valence-corrected chi connectivity index (χ0v) is 39.0. The van der Waals surface area contributed by atoms with Crippen molar-refractivity contribution in [3.8, 4) is 44.5 Å². The van der Waals surface area contributed by atoms with E-state index in [0.29, 0.717) is 0 Å². The molecule has 70 heavy (non-hydrogen) atoms. The summed E-state index contributed by atoms with van der Waals surface area (Å²) < 4.78 is 2.48. The van der Waals surface area contributed by atoms with E-state index >= 15 is 0 Å². The van der Waals surface area contributed by atoms with E-state index in [2.05, 4.69) is 288 Å². The van der Waals surface area contributed by atoms with Gasteiger partial charge in [0.05, 0.1) is 37.8 Å². The molecule has 0 N–H and O–H groups in total. The molecule has 4 heteroatoms. The first-order valence-electron chi connectivity index (χ1n) is 23.8. The summed E-state index contributed by atoms with van der Waals surface area (Å²) in [5.74, 6) is 0. The van der Waals surface area contributed by atoms with E-state index in [-0.39, 0.29) is 0 Å². The van der Waals surface area contributed by atoms with Gasteiger partial charge in [0, 0.05) is 33.5 Å². The zero-order valence-electron chi connectivity index (χ0n) is 38.2. The number of nitrogens with zero attached hydrogens (tertiary/aromatic N) is 3. The quantitative estimate of drug-likeness (QED) is 0.143. The van der Waals surface area contributed by atoms with Gasteiger partial charge in [0.2, 0.25) is 0 Å². The summed E-state index contributed by atoms with van der Waals surface area (Å²) in [5, 5.41) is 2.49. The van der Waals surface area contributed by atoms with Crippen LogP contribution < -0.4 is 14.7 Å². The minimum absolute atomic E-state index is 1.03. The molecule has 0 saturated heterocycles. The smallest absolute Gasteiger partial charge is 0.0640 e. The zero-order chi connectivity index (χ0) is 46.4. The van der Waals surface area contributed by atoms with Crippen LogP contribution in [0.4, 0.5) is 51.2 Å². The fourth-order valence-electron chi connectivity index (χ4n) is 10.2. The molecule has 0 unspecified atom stereocenters. The fraction of sp³-hybridized carbons (Fsp3) is 0. The Morgan fingerprint density at radius 2 is 0.586 bits per heavy atom. The molecule has 1 aliphatic rings. The molecule has 13 rings (SSSR count). The van der Waals surface area contributed by atoms with E-state index < -0.39 is 0 Å². The Hall–Kier alpha value is -8.96. The first kappa shape index (κ1) is 41.2. The molecule has 12 aromatic rings. The summed E-state index contributed by atoms with van der Waals surface area (Å²) >= 11 is 1.88. The number of hydrogen-bond acceptors (Lipinski definition) is 4. The summed E-state index contributed by atoms with van der Waals surface area (Å²) in [6, 6.07) is 99.5. The molecule has 330 valence electrons. The summed E-state index contributed by atoms with van der Waals surface area (Å²) in [6.45, 7) is 0. The third-order valence-corrected chi connectivity index (χ3v) is 14.8. The van der Waals surface area contributed by atoms with Gasteiger partial charge >= 0.3 is 0 Å². The average Bonchev–Trinajstić information content (AvgIpc) is 3.83. The van der Waals surface area contributed by atoms with E-state index in [1.54, 1.807) is 0 Å². The lowest BCUT2D eigenvalue weighted by atomic mass is 10.0. The van der Waals surface area contributed by atoms with Crippen molar-refractivity contribution in [3.05, 3.63) is 273 Å². The van der Waals surface area contributed by atoms with Crippen LogP contribution in [-0.2, 0) is 0 Å². The molecule has 11 aromatic carbocycles. The van der Waals surface area contributed by atoms with E-state index in [4.69, 9.17) is 0 Å². The highest BCUT2D eigenvalue weighted by Crippen LogP contribution is 2.53. The molecule has 0 spiro atoms. The van der Waals surface area contributed by atoms with E-state index in [1.807, 2.05) is 11.3 Å². The Morgan fingerprint density at radius 3 is 0.986 bits per heavy atom. The molecule has 1 aliphatic heterocycles. The summed E-state index contributed by atoms with van der Waals surface area (Å²) in [4.78, 5) is 7.38. The van der Waals surface area contributed by atoms with E-state index in [1.165, 1.54) is 53.6 Å². The van der Waals surface area contributed by atoms with Gasteiger partial charge in [-0.3, -0.25) is 0 Å². The normalized spacial score (nSPS) is 11.9. The van der Waals surface area contributed by atoms with Gasteiger partial charge in [0.25, 0.3) is 0 Å². The number of benzene rings is 11. The maximum atomic E-state index is 2.48. The standard InChI is InChI=1S/C66H45N3S/c1-5-17-46(18-6-1)50-33-37-54(38-34-50)67(55-39-35-51(36-40-55)47-19-7-2-8-20-47)58-43-59-45-60(44-58)69(57-28-14-26-53(42-57)49-23-11-4-12-24-49)64-32-16-30-62-61-29-15-31-63(65(61)70-66(62)64)68(59)56-27-13-25-52(41-56)48-21-9-3-10-22-48/h1-45H. The van der Waals surface area contributed by atoms with Crippen LogP contribution in [-0.4, -0.2) is 0 Å². The van der Waals surface area contributed by atoms with E-state index in [0.717, 1.165) is 62.3 Å².